The van der Waals surface area contributed by atoms with Crippen LogP contribution in [0.5, 0.6) is 5.75 Å². The Morgan fingerprint density at radius 2 is 2.16 bits per heavy atom. The summed E-state index contributed by atoms with van der Waals surface area (Å²) in [6, 6.07) is 6.05. The number of hydrogen-bond donors (Lipinski definition) is 2. The number of carboxylic acids is 1. The predicted molar refractivity (Wildman–Crippen MR) is 68.9 cm³/mol. The molecule has 7 nitrogen and oxygen atoms in total. The van der Waals surface area contributed by atoms with E-state index in [0.29, 0.717) is 5.69 Å². The van der Waals surface area contributed by atoms with Crippen molar-refractivity contribution in [1.29, 1.82) is 0 Å². The Hall–Kier alpha value is -1.80. The van der Waals surface area contributed by atoms with E-state index in [0.717, 1.165) is 0 Å². The summed E-state index contributed by atoms with van der Waals surface area (Å²) in [6.45, 7) is -0.398. The molecule has 8 heteroatoms. The molecule has 0 aliphatic carbocycles. The van der Waals surface area contributed by atoms with Crippen molar-refractivity contribution in [2.45, 2.75) is 0 Å². The summed E-state index contributed by atoms with van der Waals surface area (Å²) in [5.74, 6) is -0.996. The van der Waals surface area contributed by atoms with Gasteiger partial charge in [0.15, 0.2) is 6.61 Å². The molecule has 1 aromatic rings. The minimum atomic E-state index is -3.49. The number of ether oxygens (including phenoxy) is 2. The molecule has 0 aliphatic heterocycles. The lowest BCUT2D eigenvalue weighted by molar-refractivity contribution is -0.139. The van der Waals surface area contributed by atoms with Gasteiger partial charge in [0, 0.05) is 13.2 Å². The highest BCUT2D eigenvalue weighted by molar-refractivity contribution is 7.92. The molecule has 0 unspecified atom stereocenters. The molecule has 0 radical (unpaired) electrons. The SMILES string of the molecule is COCCS(=O)(=O)Nc1cccc(OCC(=O)O)c1. The Bertz CT molecular complexity index is 528. The summed E-state index contributed by atoms with van der Waals surface area (Å²) < 4.78 is 35.2. The Morgan fingerprint density at radius 3 is 2.79 bits per heavy atom. The van der Waals surface area contributed by atoms with Gasteiger partial charge in [-0.15, -0.1) is 0 Å². The van der Waals surface area contributed by atoms with Crippen LogP contribution in [0.25, 0.3) is 0 Å². The van der Waals surface area contributed by atoms with Crippen LogP contribution in [0.4, 0.5) is 5.69 Å². The zero-order valence-corrected chi connectivity index (χ0v) is 11.1. The normalized spacial score (nSPS) is 11.0. The first-order chi connectivity index (χ1) is 8.93. The fourth-order valence-electron chi connectivity index (χ4n) is 1.22. The quantitative estimate of drug-likeness (QED) is 0.724. The summed E-state index contributed by atoms with van der Waals surface area (Å²) >= 11 is 0. The van der Waals surface area contributed by atoms with Gasteiger partial charge in [-0.05, 0) is 12.1 Å². The Balaban J connectivity index is 2.68. The van der Waals surface area contributed by atoms with Gasteiger partial charge in [-0.1, -0.05) is 6.07 Å². The Morgan fingerprint density at radius 1 is 1.42 bits per heavy atom. The first kappa shape index (κ1) is 15.3. The third kappa shape index (κ3) is 6.07. The lowest BCUT2D eigenvalue weighted by atomic mass is 10.3. The summed E-state index contributed by atoms with van der Waals surface area (Å²) in [6.07, 6.45) is 0. The largest absolute Gasteiger partial charge is 0.482 e. The molecular weight excluding hydrogens is 274 g/mol. The molecule has 0 spiro atoms. The number of nitrogens with one attached hydrogen (secondary N) is 1. The first-order valence-electron chi connectivity index (χ1n) is 5.37. The van der Waals surface area contributed by atoms with E-state index in [1.807, 2.05) is 0 Å². The highest BCUT2D eigenvalue weighted by Gasteiger charge is 2.10. The van der Waals surface area contributed by atoms with Gasteiger partial charge in [0.05, 0.1) is 18.0 Å². The number of hydrogen-bond acceptors (Lipinski definition) is 5. The van der Waals surface area contributed by atoms with Crippen molar-refractivity contribution in [2.75, 3.05) is 30.8 Å². The topological polar surface area (TPSA) is 102 Å². The summed E-state index contributed by atoms with van der Waals surface area (Å²) in [5.41, 5.74) is 0.305. The number of anilines is 1. The summed E-state index contributed by atoms with van der Waals surface area (Å²) in [7, 11) is -2.08. The lowest BCUT2D eigenvalue weighted by Crippen LogP contribution is -2.19. The lowest BCUT2D eigenvalue weighted by Gasteiger charge is -2.09. The third-order valence-electron chi connectivity index (χ3n) is 2.03. The van der Waals surface area contributed by atoms with Gasteiger partial charge in [0.2, 0.25) is 10.0 Å². The highest BCUT2D eigenvalue weighted by atomic mass is 32.2. The zero-order chi connectivity index (χ0) is 14.3. The molecule has 0 bridgehead atoms. The van der Waals surface area contributed by atoms with E-state index in [1.165, 1.54) is 25.3 Å². The molecule has 1 rings (SSSR count). The van der Waals surface area contributed by atoms with Crippen molar-refractivity contribution < 1.29 is 27.8 Å². The van der Waals surface area contributed by atoms with Crippen molar-refractivity contribution in [2.24, 2.45) is 0 Å². The molecular formula is C11H15NO6S. The van der Waals surface area contributed by atoms with E-state index in [4.69, 9.17) is 14.6 Å². The minimum absolute atomic E-state index is 0.0878. The average molecular weight is 289 g/mol. The van der Waals surface area contributed by atoms with E-state index >= 15 is 0 Å². The molecule has 106 valence electrons. The monoisotopic (exact) mass is 289 g/mol. The van der Waals surface area contributed by atoms with Crippen LogP contribution in [0.1, 0.15) is 0 Å². The smallest absolute Gasteiger partial charge is 0.341 e. The molecule has 1 aromatic carbocycles. The summed E-state index contributed by atoms with van der Waals surface area (Å²) in [5, 5.41) is 8.48. The maximum Gasteiger partial charge on any atom is 0.341 e. The maximum absolute atomic E-state index is 11.6. The molecule has 2 N–H and O–H groups in total. The van der Waals surface area contributed by atoms with Gasteiger partial charge >= 0.3 is 5.97 Å². The molecule has 0 aromatic heterocycles. The minimum Gasteiger partial charge on any atom is -0.482 e. The fourth-order valence-corrected chi connectivity index (χ4v) is 2.19. The van der Waals surface area contributed by atoms with Crippen LogP contribution < -0.4 is 9.46 Å². The maximum atomic E-state index is 11.6. The first-order valence-corrected chi connectivity index (χ1v) is 7.02. The number of benzene rings is 1. The van der Waals surface area contributed by atoms with Crippen LogP contribution >= 0.6 is 0 Å². The molecule has 0 heterocycles. The third-order valence-corrected chi connectivity index (χ3v) is 3.28. The van der Waals surface area contributed by atoms with Gasteiger partial charge in [-0.2, -0.15) is 0 Å². The van der Waals surface area contributed by atoms with Crippen molar-refractivity contribution in [1.82, 2.24) is 0 Å². The summed E-state index contributed by atoms with van der Waals surface area (Å²) in [4.78, 5) is 10.4. The van der Waals surface area contributed by atoms with Crippen LogP contribution in [0.3, 0.4) is 0 Å². The van der Waals surface area contributed by atoms with E-state index in [9.17, 15) is 13.2 Å². The van der Waals surface area contributed by atoms with Crippen molar-refractivity contribution >= 4 is 21.7 Å². The van der Waals surface area contributed by atoms with Crippen LogP contribution in [0.15, 0.2) is 24.3 Å². The second kappa shape index (κ2) is 6.95. The molecule has 0 atom stereocenters. The van der Waals surface area contributed by atoms with Gasteiger partial charge in [0.25, 0.3) is 0 Å². The van der Waals surface area contributed by atoms with E-state index < -0.39 is 22.6 Å². The number of carbonyl (C=O) groups is 1. The molecule has 19 heavy (non-hydrogen) atoms. The van der Waals surface area contributed by atoms with Crippen molar-refractivity contribution in [3.05, 3.63) is 24.3 Å². The predicted octanol–water partition coefficient (Wildman–Crippen LogP) is 0.538. The highest BCUT2D eigenvalue weighted by Crippen LogP contribution is 2.18. The van der Waals surface area contributed by atoms with Crippen LogP contribution in [-0.2, 0) is 19.6 Å². The second-order valence-corrected chi connectivity index (χ2v) is 5.47. The van der Waals surface area contributed by atoms with E-state index in [-0.39, 0.29) is 18.1 Å². The number of rotatable bonds is 8. The number of aliphatic carboxylic acids is 1. The van der Waals surface area contributed by atoms with E-state index in [2.05, 4.69) is 4.72 Å². The van der Waals surface area contributed by atoms with Gasteiger partial charge in [-0.25, -0.2) is 13.2 Å². The van der Waals surface area contributed by atoms with Crippen molar-refractivity contribution in [3.8, 4) is 5.75 Å². The van der Waals surface area contributed by atoms with Crippen LogP contribution in [0.2, 0.25) is 0 Å². The average Bonchev–Trinajstić information content (AvgIpc) is 2.34. The zero-order valence-electron chi connectivity index (χ0n) is 10.3. The van der Waals surface area contributed by atoms with Gasteiger partial charge in [-0.3, -0.25) is 4.72 Å². The van der Waals surface area contributed by atoms with Gasteiger partial charge < -0.3 is 14.6 Å². The van der Waals surface area contributed by atoms with Crippen molar-refractivity contribution in [3.63, 3.8) is 0 Å². The molecule has 0 amide bonds. The molecule has 0 fully saturated rings. The number of methoxy groups -OCH3 is 1. The Kier molecular flexibility index (Phi) is 5.58. The molecule has 0 saturated carbocycles. The Labute approximate surface area is 111 Å². The molecule has 0 aliphatic rings. The van der Waals surface area contributed by atoms with Gasteiger partial charge in [0.1, 0.15) is 5.75 Å². The number of carboxylic acid groups (broad SMARTS) is 1. The standard InChI is InChI=1S/C11H15NO6S/c1-17-5-6-19(15,16)12-9-3-2-4-10(7-9)18-8-11(13)14/h2-4,7,12H,5-6,8H2,1H3,(H,13,14). The molecule has 0 saturated heterocycles. The van der Waals surface area contributed by atoms with Crippen LogP contribution in [0, 0.1) is 0 Å². The number of sulfonamides is 1. The second-order valence-electron chi connectivity index (χ2n) is 3.62. The van der Waals surface area contributed by atoms with E-state index in [1.54, 1.807) is 6.07 Å². The fraction of sp³-hybridized carbons (Fsp3) is 0.364. The van der Waals surface area contributed by atoms with Crippen LogP contribution in [-0.4, -0.2) is 45.6 Å².